The second-order valence-electron chi connectivity index (χ2n) is 5.54. The van der Waals surface area contributed by atoms with Gasteiger partial charge >= 0.3 is 0 Å². The summed E-state index contributed by atoms with van der Waals surface area (Å²) in [5.74, 6) is 0.852. The third-order valence-corrected chi connectivity index (χ3v) is 3.64. The third kappa shape index (κ3) is 4.00. The highest BCUT2D eigenvalue weighted by molar-refractivity contribution is 4.82. The zero-order valence-electron chi connectivity index (χ0n) is 10.2. The largest absolute Gasteiger partial charge is 0.316 e. The molecule has 0 aromatic rings. The Balaban J connectivity index is 2.08. The van der Waals surface area contributed by atoms with Crippen molar-refractivity contribution in [2.45, 2.75) is 59.3 Å². The fraction of sp³-hybridized carbons (Fsp3) is 1.00. The van der Waals surface area contributed by atoms with Crippen molar-refractivity contribution in [3.05, 3.63) is 0 Å². The standard InChI is InChI=1S/C13H27N/c1-4-7-12(2)10-14-11-13(3)8-5-6-9-13/h12,14H,4-11H2,1-3H3. The van der Waals surface area contributed by atoms with E-state index in [1.54, 1.807) is 0 Å². The van der Waals surface area contributed by atoms with E-state index < -0.39 is 0 Å². The van der Waals surface area contributed by atoms with E-state index in [1.165, 1.54) is 51.6 Å². The molecule has 0 aromatic carbocycles. The molecule has 1 aliphatic carbocycles. The molecular weight excluding hydrogens is 170 g/mol. The summed E-state index contributed by atoms with van der Waals surface area (Å²) < 4.78 is 0. The zero-order chi connectivity index (χ0) is 10.4. The van der Waals surface area contributed by atoms with Gasteiger partial charge in [-0.2, -0.15) is 0 Å². The van der Waals surface area contributed by atoms with Gasteiger partial charge < -0.3 is 5.32 Å². The molecule has 0 aromatic heterocycles. The maximum absolute atomic E-state index is 3.65. The summed E-state index contributed by atoms with van der Waals surface area (Å²) in [7, 11) is 0. The van der Waals surface area contributed by atoms with E-state index in [1.807, 2.05) is 0 Å². The Bertz CT molecular complexity index is 147. The van der Waals surface area contributed by atoms with E-state index in [-0.39, 0.29) is 0 Å². The summed E-state index contributed by atoms with van der Waals surface area (Å²) in [6, 6.07) is 0. The first-order chi connectivity index (χ1) is 6.66. The monoisotopic (exact) mass is 197 g/mol. The number of rotatable bonds is 6. The van der Waals surface area contributed by atoms with E-state index in [2.05, 4.69) is 26.1 Å². The van der Waals surface area contributed by atoms with E-state index in [0.29, 0.717) is 5.41 Å². The summed E-state index contributed by atoms with van der Waals surface area (Å²) in [6.07, 6.45) is 8.44. The molecule has 1 saturated carbocycles. The van der Waals surface area contributed by atoms with Gasteiger partial charge in [-0.05, 0) is 37.1 Å². The fourth-order valence-electron chi connectivity index (χ4n) is 2.62. The molecule has 1 atom stereocenters. The molecule has 0 bridgehead atoms. The fourth-order valence-corrected chi connectivity index (χ4v) is 2.62. The quantitative estimate of drug-likeness (QED) is 0.686. The molecule has 0 saturated heterocycles. The summed E-state index contributed by atoms with van der Waals surface area (Å²) in [5, 5.41) is 3.65. The van der Waals surface area contributed by atoms with Crippen LogP contribution in [-0.4, -0.2) is 13.1 Å². The molecule has 84 valence electrons. The van der Waals surface area contributed by atoms with Crippen molar-refractivity contribution in [3.63, 3.8) is 0 Å². The summed E-state index contributed by atoms with van der Waals surface area (Å²) in [6.45, 7) is 9.52. The lowest BCUT2D eigenvalue weighted by Crippen LogP contribution is -2.32. The Morgan fingerprint density at radius 1 is 1.29 bits per heavy atom. The lowest BCUT2D eigenvalue weighted by Gasteiger charge is -2.24. The van der Waals surface area contributed by atoms with Gasteiger partial charge in [0, 0.05) is 6.54 Å². The average Bonchev–Trinajstić information content (AvgIpc) is 2.53. The van der Waals surface area contributed by atoms with Crippen LogP contribution in [0.4, 0.5) is 0 Å². The van der Waals surface area contributed by atoms with Crippen LogP contribution in [0.3, 0.4) is 0 Å². The van der Waals surface area contributed by atoms with Gasteiger partial charge in [-0.25, -0.2) is 0 Å². The van der Waals surface area contributed by atoms with Gasteiger partial charge in [-0.15, -0.1) is 0 Å². The minimum Gasteiger partial charge on any atom is -0.316 e. The average molecular weight is 197 g/mol. The molecule has 1 rings (SSSR count). The highest BCUT2D eigenvalue weighted by Gasteiger charge is 2.27. The molecule has 1 aliphatic rings. The first kappa shape index (κ1) is 12.0. The Kier molecular flexibility index (Phi) is 4.94. The van der Waals surface area contributed by atoms with Crippen LogP contribution in [0.2, 0.25) is 0 Å². The molecule has 1 fully saturated rings. The molecule has 1 nitrogen and oxygen atoms in total. The molecule has 1 unspecified atom stereocenters. The predicted molar refractivity (Wildman–Crippen MR) is 63.5 cm³/mol. The molecule has 0 aliphatic heterocycles. The minimum atomic E-state index is 0.617. The van der Waals surface area contributed by atoms with Crippen LogP contribution in [0.25, 0.3) is 0 Å². The van der Waals surface area contributed by atoms with Crippen molar-refractivity contribution in [1.82, 2.24) is 5.32 Å². The second-order valence-corrected chi connectivity index (χ2v) is 5.54. The normalized spacial score (nSPS) is 22.5. The van der Waals surface area contributed by atoms with Gasteiger partial charge in [0.05, 0.1) is 0 Å². The first-order valence-corrected chi connectivity index (χ1v) is 6.37. The molecule has 0 amide bonds. The molecule has 14 heavy (non-hydrogen) atoms. The van der Waals surface area contributed by atoms with Crippen molar-refractivity contribution in [3.8, 4) is 0 Å². The van der Waals surface area contributed by atoms with E-state index in [4.69, 9.17) is 0 Å². The van der Waals surface area contributed by atoms with Crippen LogP contribution < -0.4 is 5.32 Å². The van der Waals surface area contributed by atoms with Crippen molar-refractivity contribution < 1.29 is 0 Å². The smallest absolute Gasteiger partial charge is 0.000527 e. The number of nitrogens with one attached hydrogen (secondary N) is 1. The predicted octanol–water partition coefficient (Wildman–Crippen LogP) is 3.59. The van der Waals surface area contributed by atoms with Crippen LogP contribution in [0.1, 0.15) is 59.3 Å². The summed E-state index contributed by atoms with van der Waals surface area (Å²) in [4.78, 5) is 0. The van der Waals surface area contributed by atoms with Gasteiger partial charge in [-0.3, -0.25) is 0 Å². The Morgan fingerprint density at radius 3 is 2.50 bits per heavy atom. The van der Waals surface area contributed by atoms with Crippen LogP contribution >= 0.6 is 0 Å². The first-order valence-electron chi connectivity index (χ1n) is 6.37. The zero-order valence-corrected chi connectivity index (χ0v) is 10.2. The van der Waals surface area contributed by atoms with Crippen LogP contribution in [0, 0.1) is 11.3 Å². The Labute approximate surface area is 89.7 Å². The minimum absolute atomic E-state index is 0.617. The second kappa shape index (κ2) is 5.75. The Hall–Kier alpha value is -0.0400. The summed E-state index contributed by atoms with van der Waals surface area (Å²) in [5.41, 5.74) is 0.617. The van der Waals surface area contributed by atoms with Crippen LogP contribution in [-0.2, 0) is 0 Å². The molecule has 0 spiro atoms. The maximum atomic E-state index is 3.65. The van der Waals surface area contributed by atoms with Crippen molar-refractivity contribution >= 4 is 0 Å². The van der Waals surface area contributed by atoms with Crippen molar-refractivity contribution in [2.75, 3.05) is 13.1 Å². The highest BCUT2D eigenvalue weighted by Crippen LogP contribution is 2.36. The molecule has 0 radical (unpaired) electrons. The van der Waals surface area contributed by atoms with E-state index in [0.717, 1.165) is 5.92 Å². The van der Waals surface area contributed by atoms with Gasteiger partial charge in [0.15, 0.2) is 0 Å². The van der Waals surface area contributed by atoms with Gasteiger partial charge in [0.25, 0.3) is 0 Å². The highest BCUT2D eigenvalue weighted by atomic mass is 14.9. The molecule has 1 heteroatoms. The third-order valence-electron chi connectivity index (χ3n) is 3.64. The van der Waals surface area contributed by atoms with Crippen molar-refractivity contribution in [2.24, 2.45) is 11.3 Å². The van der Waals surface area contributed by atoms with Gasteiger partial charge in [-0.1, -0.05) is 40.0 Å². The van der Waals surface area contributed by atoms with Crippen LogP contribution in [0.5, 0.6) is 0 Å². The van der Waals surface area contributed by atoms with E-state index in [9.17, 15) is 0 Å². The molecule has 1 N–H and O–H groups in total. The van der Waals surface area contributed by atoms with E-state index >= 15 is 0 Å². The lowest BCUT2D eigenvalue weighted by molar-refractivity contribution is 0.304. The topological polar surface area (TPSA) is 12.0 Å². The maximum Gasteiger partial charge on any atom is 0.000527 e. The lowest BCUT2D eigenvalue weighted by atomic mass is 9.89. The SMILES string of the molecule is CCCC(C)CNCC1(C)CCCC1. The molecule has 0 heterocycles. The Morgan fingerprint density at radius 2 is 1.93 bits per heavy atom. The van der Waals surface area contributed by atoms with Gasteiger partial charge in [0.1, 0.15) is 0 Å². The van der Waals surface area contributed by atoms with Crippen molar-refractivity contribution in [1.29, 1.82) is 0 Å². The number of hydrogen-bond donors (Lipinski definition) is 1. The van der Waals surface area contributed by atoms with Gasteiger partial charge in [0.2, 0.25) is 0 Å². The van der Waals surface area contributed by atoms with Crippen LogP contribution in [0.15, 0.2) is 0 Å². The summed E-state index contributed by atoms with van der Waals surface area (Å²) >= 11 is 0. The molecular formula is C13H27N. The number of hydrogen-bond acceptors (Lipinski definition) is 1.